The molecule has 0 unspecified atom stereocenters. The van der Waals surface area contributed by atoms with E-state index in [-0.39, 0.29) is 20.9 Å². The molecule has 0 saturated carbocycles. The Kier molecular flexibility index (Phi) is 5.40. The standard InChI is InChI=1S/C19H13F3O4S2/c1-28(24,25)14-9-7-12(8-10-14)15-11-16(19(20,21)22)26-18(23)17(15)27-13-5-3-2-4-6-13/h2-11H,1H3. The zero-order valence-electron chi connectivity index (χ0n) is 14.4. The van der Waals surface area contributed by atoms with E-state index in [1.165, 1.54) is 24.3 Å². The summed E-state index contributed by atoms with van der Waals surface area (Å²) >= 11 is 0.973. The van der Waals surface area contributed by atoms with Crippen LogP contribution < -0.4 is 5.63 Å². The smallest absolute Gasteiger partial charge is 0.417 e. The Morgan fingerprint density at radius 1 is 0.964 bits per heavy atom. The molecule has 0 amide bonds. The lowest BCUT2D eigenvalue weighted by Crippen LogP contribution is -2.13. The van der Waals surface area contributed by atoms with Gasteiger partial charge < -0.3 is 4.42 Å². The number of halogens is 3. The Hall–Kier alpha value is -2.52. The second-order valence-corrected chi connectivity index (χ2v) is 8.95. The predicted molar refractivity (Wildman–Crippen MR) is 99.1 cm³/mol. The lowest BCUT2D eigenvalue weighted by atomic mass is 10.1. The van der Waals surface area contributed by atoms with Crippen molar-refractivity contribution in [3.05, 3.63) is 76.8 Å². The maximum Gasteiger partial charge on any atom is 0.449 e. The molecule has 0 bridgehead atoms. The van der Waals surface area contributed by atoms with Gasteiger partial charge in [0, 0.05) is 16.7 Å². The Morgan fingerprint density at radius 3 is 2.11 bits per heavy atom. The molecular formula is C19H13F3O4S2. The van der Waals surface area contributed by atoms with Crippen LogP contribution in [0, 0.1) is 0 Å². The molecule has 3 rings (SSSR count). The number of alkyl halides is 3. The molecular weight excluding hydrogens is 413 g/mol. The van der Waals surface area contributed by atoms with Crippen LogP contribution in [0.4, 0.5) is 13.2 Å². The zero-order chi connectivity index (χ0) is 20.5. The summed E-state index contributed by atoms with van der Waals surface area (Å²) in [7, 11) is -3.47. The molecule has 4 nitrogen and oxygen atoms in total. The maximum atomic E-state index is 13.1. The van der Waals surface area contributed by atoms with Gasteiger partial charge in [-0.1, -0.05) is 42.1 Å². The molecule has 0 saturated heterocycles. The Morgan fingerprint density at radius 2 is 1.57 bits per heavy atom. The highest BCUT2D eigenvalue weighted by molar-refractivity contribution is 7.99. The highest BCUT2D eigenvalue weighted by Crippen LogP contribution is 2.38. The molecule has 3 aromatic rings. The van der Waals surface area contributed by atoms with Crippen LogP contribution in [-0.4, -0.2) is 14.7 Å². The van der Waals surface area contributed by atoms with Crippen molar-refractivity contribution in [2.75, 3.05) is 6.26 Å². The fraction of sp³-hybridized carbons (Fsp3) is 0.105. The molecule has 0 aliphatic carbocycles. The summed E-state index contributed by atoms with van der Waals surface area (Å²) in [6.45, 7) is 0. The molecule has 0 aliphatic rings. The number of hydrogen-bond donors (Lipinski definition) is 0. The van der Waals surface area contributed by atoms with Crippen molar-refractivity contribution >= 4 is 21.6 Å². The lowest BCUT2D eigenvalue weighted by Gasteiger charge is -2.12. The average molecular weight is 426 g/mol. The van der Waals surface area contributed by atoms with Crippen molar-refractivity contribution in [1.29, 1.82) is 0 Å². The lowest BCUT2D eigenvalue weighted by molar-refractivity contribution is -0.154. The molecule has 0 radical (unpaired) electrons. The van der Waals surface area contributed by atoms with Crippen molar-refractivity contribution in [2.45, 2.75) is 20.9 Å². The van der Waals surface area contributed by atoms with Gasteiger partial charge in [0.25, 0.3) is 0 Å². The normalized spacial score (nSPS) is 12.1. The Bertz CT molecular complexity index is 1150. The first-order chi connectivity index (χ1) is 13.1. The summed E-state index contributed by atoms with van der Waals surface area (Å²) < 4.78 is 67.1. The molecule has 0 atom stereocenters. The molecule has 0 aliphatic heterocycles. The minimum Gasteiger partial charge on any atom is -0.417 e. The number of rotatable bonds is 4. The molecule has 2 aromatic carbocycles. The molecule has 0 N–H and O–H groups in total. The highest BCUT2D eigenvalue weighted by atomic mass is 32.2. The summed E-state index contributed by atoms with van der Waals surface area (Å²) in [5, 5.41) is 0. The van der Waals surface area contributed by atoms with Crippen LogP contribution in [0.15, 0.2) is 84.6 Å². The first-order valence-corrected chi connectivity index (χ1v) is 10.6. The van der Waals surface area contributed by atoms with Crippen LogP contribution in [0.2, 0.25) is 0 Å². The van der Waals surface area contributed by atoms with Crippen LogP contribution in [0.5, 0.6) is 0 Å². The van der Waals surface area contributed by atoms with Crippen molar-refractivity contribution in [3.8, 4) is 11.1 Å². The van der Waals surface area contributed by atoms with E-state index >= 15 is 0 Å². The van der Waals surface area contributed by atoms with Gasteiger partial charge in [-0.3, -0.25) is 0 Å². The molecule has 146 valence electrons. The maximum absolute atomic E-state index is 13.1. The fourth-order valence-electron chi connectivity index (χ4n) is 2.42. The monoisotopic (exact) mass is 426 g/mol. The van der Waals surface area contributed by atoms with Gasteiger partial charge >= 0.3 is 11.8 Å². The third-order valence-corrected chi connectivity index (χ3v) is 5.97. The van der Waals surface area contributed by atoms with Crippen LogP contribution >= 0.6 is 11.8 Å². The van der Waals surface area contributed by atoms with E-state index in [9.17, 15) is 26.4 Å². The van der Waals surface area contributed by atoms with Gasteiger partial charge in [-0.2, -0.15) is 13.2 Å². The van der Waals surface area contributed by atoms with Gasteiger partial charge in [-0.15, -0.1) is 0 Å². The average Bonchev–Trinajstić information content (AvgIpc) is 2.62. The van der Waals surface area contributed by atoms with Crippen molar-refractivity contribution in [2.24, 2.45) is 0 Å². The molecule has 1 heterocycles. The molecule has 0 fully saturated rings. The van der Waals surface area contributed by atoms with E-state index in [0.29, 0.717) is 4.90 Å². The van der Waals surface area contributed by atoms with Crippen LogP contribution in [0.1, 0.15) is 5.76 Å². The number of benzene rings is 2. The summed E-state index contributed by atoms with van der Waals surface area (Å²) in [5.41, 5.74) is -0.840. The van der Waals surface area contributed by atoms with Gasteiger partial charge in [-0.05, 0) is 35.9 Å². The first-order valence-electron chi connectivity index (χ1n) is 7.84. The van der Waals surface area contributed by atoms with E-state index in [1.54, 1.807) is 30.3 Å². The van der Waals surface area contributed by atoms with E-state index in [0.717, 1.165) is 24.1 Å². The van der Waals surface area contributed by atoms with Gasteiger partial charge in [-0.25, -0.2) is 13.2 Å². The SMILES string of the molecule is CS(=O)(=O)c1ccc(-c2cc(C(F)(F)F)oc(=O)c2Sc2ccccc2)cc1. The number of sulfone groups is 1. The summed E-state index contributed by atoms with van der Waals surface area (Å²) in [6.07, 6.45) is -3.81. The third kappa shape index (κ3) is 4.48. The van der Waals surface area contributed by atoms with Crippen LogP contribution in [0.25, 0.3) is 11.1 Å². The zero-order valence-corrected chi connectivity index (χ0v) is 16.0. The summed E-state index contributed by atoms with van der Waals surface area (Å²) in [5.74, 6) is -1.42. The van der Waals surface area contributed by atoms with Gasteiger partial charge in [0.15, 0.2) is 9.84 Å². The van der Waals surface area contributed by atoms with E-state index in [1.807, 2.05) is 0 Å². The van der Waals surface area contributed by atoms with Crippen molar-refractivity contribution in [3.63, 3.8) is 0 Å². The molecule has 1 aromatic heterocycles. The number of hydrogen-bond acceptors (Lipinski definition) is 5. The van der Waals surface area contributed by atoms with Gasteiger partial charge in [0.2, 0.25) is 5.76 Å². The summed E-state index contributed by atoms with van der Waals surface area (Å²) in [6, 6.07) is 14.7. The van der Waals surface area contributed by atoms with Gasteiger partial charge in [0.1, 0.15) is 4.90 Å². The highest BCUT2D eigenvalue weighted by Gasteiger charge is 2.36. The fourth-order valence-corrected chi connectivity index (χ4v) is 3.99. The van der Waals surface area contributed by atoms with E-state index in [2.05, 4.69) is 4.42 Å². The Balaban J connectivity index is 2.18. The van der Waals surface area contributed by atoms with E-state index < -0.39 is 27.4 Å². The van der Waals surface area contributed by atoms with Gasteiger partial charge in [0.05, 0.1) is 4.90 Å². The molecule has 28 heavy (non-hydrogen) atoms. The first kappa shape index (κ1) is 20.2. The molecule has 0 spiro atoms. The largest absolute Gasteiger partial charge is 0.449 e. The predicted octanol–water partition coefficient (Wildman–Crippen LogP) is 4.88. The summed E-state index contributed by atoms with van der Waals surface area (Å²) in [4.78, 5) is 13.0. The second kappa shape index (κ2) is 7.48. The van der Waals surface area contributed by atoms with Crippen molar-refractivity contribution < 1.29 is 26.0 Å². The van der Waals surface area contributed by atoms with Crippen molar-refractivity contribution in [1.82, 2.24) is 0 Å². The van der Waals surface area contributed by atoms with Crippen LogP contribution in [-0.2, 0) is 16.0 Å². The third-order valence-electron chi connectivity index (χ3n) is 3.74. The van der Waals surface area contributed by atoms with E-state index in [4.69, 9.17) is 0 Å². The minimum atomic E-state index is -4.84. The molecule has 9 heteroatoms. The second-order valence-electron chi connectivity index (χ2n) is 5.85. The Labute approximate surface area is 162 Å². The van der Waals surface area contributed by atoms with Crippen LogP contribution in [0.3, 0.4) is 0 Å². The minimum absolute atomic E-state index is 0.0116. The topological polar surface area (TPSA) is 64.3 Å². The quantitative estimate of drug-likeness (QED) is 0.595.